The fourth-order valence-electron chi connectivity index (χ4n) is 4.65. The maximum Gasteiger partial charge on any atom is 0.306 e. The predicted molar refractivity (Wildman–Crippen MR) is 214 cm³/mol. The minimum absolute atomic E-state index is 0.127. The molecule has 0 aromatic heterocycles. The van der Waals surface area contributed by atoms with E-state index in [1.54, 1.807) is 0 Å². The highest BCUT2D eigenvalue weighted by atomic mass is 16.6. The molecule has 0 saturated heterocycles. The summed E-state index contributed by atoms with van der Waals surface area (Å²) in [4.78, 5) is 24.2. The van der Waals surface area contributed by atoms with Gasteiger partial charge in [0.05, 0.1) is 6.61 Å². The normalized spacial score (nSPS) is 13.4. The topological polar surface area (TPSA) is 72.8 Å². The van der Waals surface area contributed by atoms with Crippen molar-refractivity contribution in [2.75, 3.05) is 13.2 Å². The van der Waals surface area contributed by atoms with Crippen LogP contribution in [0.3, 0.4) is 0 Å². The maximum atomic E-state index is 12.1. The number of esters is 2. The molecule has 5 nitrogen and oxygen atoms in total. The predicted octanol–water partition coefficient (Wildman–Crippen LogP) is 12.3. The van der Waals surface area contributed by atoms with Crippen LogP contribution < -0.4 is 0 Å². The summed E-state index contributed by atoms with van der Waals surface area (Å²) in [5, 5.41) is 9.53. The lowest BCUT2D eigenvalue weighted by molar-refractivity contribution is -0.161. The van der Waals surface area contributed by atoms with Crippen LogP contribution in [0.2, 0.25) is 0 Å². The summed E-state index contributed by atoms with van der Waals surface area (Å²) in [5.74, 6) is -0.752. The van der Waals surface area contributed by atoms with Crippen LogP contribution in [0.5, 0.6) is 0 Å². The molecule has 0 aliphatic rings. The van der Waals surface area contributed by atoms with E-state index in [1.165, 1.54) is 38.5 Å². The van der Waals surface area contributed by atoms with Crippen molar-refractivity contribution in [3.63, 3.8) is 0 Å². The molecule has 5 heteroatoms. The molecule has 0 saturated carbocycles. The van der Waals surface area contributed by atoms with Gasteiger partial charge >= 0.3 is 11.9 Å². The molecule has 0 aliphatic carbocycles. The highest BCUT2D eigenvalue weighted by molar-refractivity contribution is 5.70. The number of carbonyl (C=O) groups is 2. The van der Waals surface area contributed by atoms with E-state index in [9.17, 15) is 14.7 Å². The number of aliphatic hydroxyl groups is 1. The van der Waals surface area contributed by atoms with Crippen molar-refractivity contribution < 1.29 is 24.2 Å². The molecule has 50 heavy (non-hydrogen) atoms. The zero-order valence-corrected chi connectivity index (χ0v) is 31.6. The molecule has 0 rings (SSSR count). The Kier molecular flexibility index (Phi) is 37.2. The van der Waals surface area contributed by atoms with Crippen LogP contribution in [0.4, 0.5) is 0 Å². The van der Waals surface area contributed by atoms with Gasteiger partial charge in [-0.2, -0.15) is 0 Å². The van der Waals surface area contributed by atoms with Gasteiger partial charge < -0.3 is 14.6 Å². The minimum Gasteiger partial charge on any atom is -0.462 e. The Morgan fingerprint density at radius 3 is 1.38 bits per heavy atom. The van der Waals surface area contributed by atoms with Crippen molar-refractivity contribution in [3.05, 3.63) is 109 Å². The SMILES string of the molecule is CC/C=C/C/C=C/C/C=C/C/C=C/C/C=C/C/C=C/C/C=C/CCCC(=O)OC(CO)COC(=O)CC/C=C/C/C=C/CCCCCCCC. The van der Waals surface area contributed by atoms with Gasteiger partial charge in [0.15, 0.2) is 6.10 Å². The minimum atomic E-state index is -0.831. The number of allylic oxidation sites excluding steroid dienone is 18. The smallest absolute Gasteiger partial charge is 0.306 e. The number of hydrogen-bond donors (Lipinski definition) is 1. The number of rotatable bonds is 33. The summed E-state index contributed by atoms with van der Waals surface area (Å²) in [5.41, 5.74) is 0. The second-order valence-electron chi connectivity index (χ2n) is 12.3. The Bertz CT molecular complexity index is 1050. The first kappa shape index (κ1) is 46.6. The molecular formula is C45H70O5. The summed E-state index contributed by atoms with van der Waals surface area (Å²) >= 11 is 0. The van der Waals surface area contributed by atoms with Crippen LogP contribution in [0.1, 0.15) is 142 Å². The van der Waals surface area contributed by atoms with Crippen LogP contribution in [-0.2, 0) is 19.1 Å². The van der Waals surface area contributed by atoms with Crippen molar-refractivity contribution >= 4 is 11.9 Å². The number of hydrogen-bond acceptors (Lipinski definition) is 5. The van der Waals surface area contributed by atoms with Gasteiger partial charge in [0, 0.05) is 12.8 Å². The molecule has 0 radical (unpaired) electrons. The first-order chi connectivity index (χ1) is 24.6. The van der Waals surface area contributed by atoms with E-state index < -0.39 is 12.1 Å². The molecule has 280 valence electrons. The van der Waals surface area contributed by atoms with Crippen molar-refractivity contribution in [2.45, 2.75) is 148 Å². The van der Waals surface area contributed by atoms with Gasteiger partial charge in [-0.25, -0.2) is 0 Å². The van der Waals surface area contributed by atoms with Gasteiger partial charge in [-0.1, -0.05) is 155 Å². The van der Waals surface area contributed by atoms with E-state index >= 15 is 0 Å². The molecular weight excluding hydrogens is 620 g/mol. The molecule has 1 unspecified atom stereocenters. The van der Waals surface area contributed by atoms with E-state index in [4.69, 9.17) is 9.47 Å². The monoisotopic (exact) mass is 691 g/mol. The van der Waals surface area contributed by atoms with Crippen LogP contribution in [0.25, 0.3) is 0 Å². The summed E-state index contributed by atoms with van der Waals surface area (Å²) in [7, 11) is 0. The molecule has 0 bridgehead atoms. The van der Waals surface area contributed by atoms with Gasteiger partial charge in [0.2, 0.25) is 0 Å². The molecule has 0 fully saturated rings. The Balaban J connectivity index is 3.80. The van der Waals surface area contributed by atoms with Gasteiger partial charge in [-0.05, 0) is 83.5 Å². The summed E-state index contributed by atoms with van der Waals surface area (Å²) in [6.45, 7) is 3.88. The third-order valence-electron chi connectivity index (χ3n) is 7.56. The fraction of sp³-hybridized carbons (Fsp3) is 0.556. The van der Waals surface area contributed by atoms with Crippen LogP contribution in [0, 0.1) is 0 Å². The number of unbranched alkanes of at least 4 members (excludes halogenated alkanes) is 7. The van der Waals surface area contributed by atoms with E-state index in [-0.39, 0.29) is 32.0 Å². The molecule has 0 aromatic rings. The van der Waals surface area contributed by atoms with Gasteiger partial charge in [-0.15, -0.1) is 0 Å². The Morgan fingerprint density at radius 2 is 0.900 bits per heavy atom. The van der Waals surface area contributed by atoms with E-state index in [2.05, 4.69) is 117 Å². The second kappa shape index (κ2) is 40.0. The molecule has 0 aliphatic heterocycles. The van der Waals surface area contributed by atoms with E-state index in [1.807, 2.05) is 6.08 Å². The maximum absolute atomic E-state index is 12.1. The number of carbonyl (C=O) groups excluding carboxylic acids is 2. The summed E-state index contributed by atoms with van der Waals surface area (Å²) in [6.07, 6.45) is 57.4. The van der Waals surface area contributed by atoms with Crippen LogP contribution >= 0.6 is 0 Å². The quantitative estimate of drug-likeness (QED) is 0.0421. The summed E-state index contributed by atoms with van der Waals surface area (Å²) in [6, 6.07) is 0. The van der Waals surface area contributed by atoms with Gasteiger partial charge in [0.25, 0.3) is 0 Å². The molecule has 0 heterocycles. The molecule has 1 atom stereocenters. The highest BCUT2D eigenvalue weighted by Crippen LogP contribution is 2.08. The zero-order valence-electron chi connectivity index (χ0n) is 31.6. The lowest BCUT2D eigenvalue weighted by Gasteiger charge is -2.15. The Morgan fingerprint density at radius 1 is 0.480 bits per heavy atom. The Hall–Kier alpha value is -3.44. The third-order valence-corrected chi connectivity index (χ3v) is 7.56. The second-order valence-corrected chi connectivity index (χ2v) is 12.3. The van der Waals surface area contributed by atoms with Gasteiger partial charge in [0.1, 0.15) is 6.61 Å². The van der Waals surface area contributed by atoms with Crippen LogP contribution in [0.15, 0.2) is 109 Å². The van der Waals surface area contributed by atoms with Gasteiger partial charge in [-0.3, -0.25) is 9.59 Å². The van der Waals surface area contributed by atoms with Crippen LogP contribution in [-0.4, -0.2) is 36.4 Å². The third kappa shape index (κ3) is 37.4. The first-order valence-electron chi connectivity index (χ1n) is 19.4. The lowest BCUT2D eigenvalue weighted by Crippen LogP contribution is -2.28. The molecule has 0 spiro atoms. The average Bonchev–Trinajstić information content (AvgIpc) is 3.12. The highest BCUT2D eigenvalue weighted by Gasteiger charge is 2.15. The van der Waals surface area contributed by atoms with Crippen molar-refractivity contribution in [1.29, 1.82) is 0 Å². The summed E-state index contributed by atoms with van der Waals surface area (Å²) < 4.78 is 10.5. The largest absolute Gasteiger partial charge is 0.462 e. The van der Waals surface area contributed by atoms with E-state index in [0.29, 0.717) is 12.8 Å². The molecule has 1 N–H and O–H groups in total. The van der Waals surface area contributed by atoms with Crippen molar-refractivity contribution in [1.82, 2.24) is 0 Å². The molecule has 0 amide bonds. The number of aliphatic hydroxyl groups excluding tert-OH is 1. The average molecular weight is 691 g/mol. The lowest BCUT2D eigenvalue weighted by atomic mass is 10.1. The van der Waals surface area contributed by atoms with Crippen molar-refractivity contribution in [3.8, 4) is 0 Å². The first-order valence-corrected chi connectivity index (χ1v) is 19.4. The van der Waals surface area contributed by atoms with E-state index in [0.717, 1.165) is 64.2 Å². The molecule has 0 aromatic carbocycles. The Labute approximate surface area is 306 Å². The zero-order chi connectivity index (χ0) is 36.4. The van der Waals surface area contributed by atoms with Crippen molar-refractivity contribution in [2.24, 2.45) is 0 Å². The number of ether oxygens (including phenoxy) is 2. The fourth-order valence-corrected chi connectivity index (χ4v) is 4.65. The standard InChI is InChI=1S/C45H70O5/c1-3-5-7-9-11-13-15-17-18-19-20-21-22-23-24-25-26-28-30-32-34-36-38-40-45(48)50-43(41-46)42-49-44(47)39-37-35-33-31-29-27-16-14-12-10-8-6-4-2/h5,7,11,13,17-18,20-21,23-24,26-29,32-35,43,46H,3-4,6,8-10,12,14-16,19,22,25,30-31,36-42H2,1-2H3/b7-5+,13-11+,18-17+,21-20+,24-23+,28-26+,29-27+,34-32+,35-33+.